The summed E-state index contributed by atoms with van der Waals surface area (Å²) in [6, 6.07) is 19.9. The minimum Gasteiger partial charge on any atom is -0.374 e. The molecule has 47 heavy (non-hydrogen) atoms. The van der Waals surface area contributed by atoms with Gasteiger partial charge in [-0.3, -0.25) is 39.6 Å². The molecule has 0 bridgehead atoms. The molecule has 0 radical (unpaired) electrons. The highest BCUT2D eigenvalue weighted by molar-refractivity contribution is 6.03. The third-order valence-corrected chi connectivity index (χ3v) is 7.11. The van der Waals surface area contributed by atoms with Gasteiger partial charge in [-0.15, -0.1) is 0 Å². The number of nitrogens with two attached hydrogens (primary N) is 2. The lowest BCUT2D eigenvalue weighted by atomic mass is 10.0. The summed E-state index contributed by atoms with van der Waals surface area (Å²) in [7, 11) is 0. The molecule has 0 aromatic heterocycles. The van der Waals surface area contributed by atoms with Gasteiger partial charge in [0.05, 0.1) is 4.92 Å². The van der Waals surface area contributed by atoms with Crippen molar-refractivity contribution in [2.75, 3.05) is 11.9 Å². The Labute approximate surface area is 272 Å². The van der Waals surface area contributed by atoms with E-state index >= 15 is 0 Å². The third-order valence-electron chi connectivity index (χ3n) is 7.11. The molecule has 3 atom stereocenters. The van der Waals surface area contributed by atoms with Crippen molar-refractivity contribution in [1.82, 2.24) is 16.0 Å². The van der Waals surface area contributed by atoms with E-state index in [0.29, 0.717) is 17.7 Å². The van der Waals surface area contributed by atoms with Gasteiger partial charge in [0, 0.05) is 36.3 Å². The monoisotopic (exact) mass is 644 g/mol. The van der Waals surface area contributed by atoms with E-state index in [1.54, 1.807) is 44.2 Å². The molecule has 0 saturated carbocycles. The van der Waals surface area contributed by atoms with Gasteiger partial charge in [0.25, 0.3) is 11.6 Å². The molecule has 3 aromatic carbocycles. The molecule has 0 heterocycles. The zero-order chi connectivity index (χ0) is 34.3. The van der Waals surface area contributed by atoms with Crippen LogP contribution in [0.3, 0.4) is 0 Å². The fraction of sp³-hybridized carbons (Fsp3) is 0.303. The molecular weight excluding hydrogens is 604 g/mol. The average Bonchev–Trinajstić information content (AvgIpc) is 3.05. The van der Waals surface area contributed by atoms with Crippen LogP contribution in [0.4, 0.5) is 11.4 Å². The van der Waals surface area contributed by atoms with Crippen LogP contribution in [0.15, 0.2) is 89.9 Å². The Kier molecular flexibility index (Phi) is 13.4. The molecule has 0 fully saturated rings. The maximum Gasteiger partial charge on any atom is 0.269 e. The summed E-state index contributed by atoms with van der Waals surface area (Å²) in [6.07, 6.45) is 0.737. The van der Waals surface area contributed by atoms with Crippen LogP contribution in [0.2, 0.25) is 0 Å². The Balaban J connectivity index is 1.76. The minimum atomic E-state index is -1.12. The first-order valence-corrected chi connectivity index (χ1v) is 15.1. The van der Waals surface area contributed by atoms with Gasteiger partial charge < -0.3 is 27.4 Å². The van der Waals surface area contributed by atoms with Crippen molar-refractivity contribution in [3.8, 4) is 0 Å². The van der Waals surface area contributed by atoms with Gasteiger partial charge in [-0.25, -0.2) is 0 Å². The molecule has 3 rings (SSSR count). The van der Waals surface area contributed by atoms with E-state index in [-0.39, 0.29) is 31.0 Å². The molecule has 4 amide bonds. The van der Waals surface area contributed by atoms with Crippen molar-refractivity contribution >= 4 is 41.0 Å². The first kappa shape index (κ1) is 35.7. The Morgan fingerprint density at radius 2 is 1.43 bits per heavy atom. The smallest absolute Gasteiger partial charge is 0.269 e. The summed E-state index contributed by atoms with van der Waals surface area (Å²) < 4.78 is 0. The lowest BCUT2D eigenvalue weighted by Gasteiger charge is -2.26. The highest BCUT2D eigenvalue weighted by Crippen LogP contribution is 2.18. The van der Waals surface area contributed by atoms with Crippen molar-refractivity contribution in [3.05, 3.63) is 106 Å². The molecule has 0 aliphatic rings. The third kappa shape index (κ3) is 11.6. The molecule has 14 heteroatoms. The summed E-state index contributed by atoms with van der Waals surface area (Å²) in [5.74, 6) is -3.02. The second kappa shape index (κ2) is 17.6. The van der Waals surface area contributed by atoms with E-state index in [1.807, 2.05) is 30.3 Å². The van der Waals surface area contributed by atoms with Crippen LogP contribution in [0.5, 0.6) is 0 Å². The van der Waals surface area contributed by atoms with Crippen LogP contribution in [-0.2, 0) is 20.8 Å². The van der Waals surface area contributed by atoms with Gasteiger partial charge in [0.2, 0.25) is 17.7 Å². The highest BCUT2D eigenvalue weighted by atomic mass is 16.6. The van der Waals surface area contributed by atoms with Crippen LogP contribution in [0.25, 0.3) is 0 Å². The SMILES string of the molecule is CC(C)[C@H](NC(=O)[C@H](Cc1ccccc1)NC(=O)c1ccccc1)C(=O)NC(=O)[C@H](CCCN=C(N)N)Nc1ccc([N+](=O)[O-])cc1. The van der Waals surface area contributed by atoms with E-state index in [1.165, 1.54) is 24.3 Å². The molecule has 0 saturated heterocycles. The average molecular weight is 645 g/mol. The predicted octanol–water partition coefficient (Wildman–Crippen LogP) is 2.25. The molecule has 0 spiro atoms. The van der Waals surface area contributed by atoms with Crippen molar-refractivity contribution < 1.29 is 24.1 Å². The number of carbonyl (C=O) groups is 4. The van der Waals surface area contributed by atoms with E-state index in [2.05, 4.69) is 26.3 Å². The Hall–Kier alpha value is -5.79. The molecule has 0 aliphatic carbocycles. The number of nitrogens with zero attached hydrogens (tertiary/aromatic N) is 2. The van der Waals surface area contributed by atoms with E-state index < -0.39 is 52.6 Å². The first-order valence-electron chi connectivity index (χ1n) is 15.1. The lowest BCUT2D eigenvalue weighted by molar-refractivity contribution is -0.384. The summed E-state index contributed by atoms with van der Waals surface area (Å²) in [4.78, 5) is 67.9. The van der Waals surface area contributed by atoms with Crippen LogP contribution >= 0.6 is 0 Å². The number of rotatable bonds is 16. The number of guanidine groups is 1. The van der Waals surface area contributed by atoms with Gasteiger partial charge in [0.15, 0.2) is 5.96 Å². The van der Waals surface area contributed by atoms with Gasteiger partial charge >= 0.3 is 0 Å². The quantitative estimate of drug-likeness (QED) is 0.0441. The molecule has 3 aromatic rings. The first-order chi connectivity index (χ1) is 22.4. The normalized spacial score (nSPS) is 12.6. The fourth-order valence-electron chi connectivity index (χ4n) is 4.62. The number of aliphatic imine (C=N–C) groups is 1. The van der Waals surface area contributed by atoms with Gasteiger partial charge in [-0.2, -0.15) is 0 Å². The predicted molar refractivity (Wildman–Crippen MR) is 178 cm³/mol. The van der Waals surface area contributed by atoms with Crippen molar-refractivity contribution in [2.45, 2.75) is 51.2 Å². The molecule has 248 valence electrons. The number of hydrogen-bond acceptors (Lipinski definition) is 8. The van der Waals surface area contributed by atoms with Gasteiger partial charge in [0.1, 0.15) is 18.1 Å². The number of carbonyl (C=O) groups excluding carboxylic acids is 4. The summed E-state index contributed by atoms with van der Waals surface area (Å²) in [6.45, 7) is 3.65. The number of nitro groups is 1. The number of nitro benzene ring substituents is 1. The zero-order valence-electron chi connectivity index (χ0n) is 26.2. The van der Waals surface area contributed by atoms with Crippen molar-refractivity contribution in [3.63, 3.8) is 0 Å². The van der Waals surface area contributed by atoms with Crippen LogP contribution in [-0.4, -0.2) is 59.2 Å². The summed E-state index contributed by atoms with van der Waals surface area (Å²) in [5, 5.41) is 21.9. The fourth-order valence-corrected chi connectivity index (χ4v) is 4.62. The number of amides is 4. The number of anilines is 1. The second-order valence-corrected chi connectivity index (χ2v) is 11.1. The van der Waals surface area contributed by atoms with E-state index in [0.717, 1.165) is 5.56 Å². The van der Waals surface area contributed by atoms with E-state index in [4.69, 9.17) is 11.5 Å². The second-order valence-electron chi connectivity index (χ2n) is 11.1. The Morgan fingerprint density at radius 1 is 0.809 bits per heavy atom. The zero-order valence-corrected chi connectivity index (χ0v) is 26.2. The van der Waals surface area contributed by atoms with Crippen molar-refractivity contribution in [1.29, 1.82) is 0 Å². The maximum atomic E-state index is 13.6. The van der Waals surface area contributed by atoms with Crippen LogP contribution < -0.4 is 32.7 Å². The van der Waals surface area contributed by atoms with Gasteiger partial charge in [-0.05, 0) is 48.6 Å². The molecule has 0 unspecified atom stereocenters. The van der Waals surface area contributed by atoms with E-state index in [9.17, 15) is 29.3 Å². The highest BCUT2D eigenvalue weighted by Gasteiger charge is 2.31. The number of benzene rings is 3. The summed E-state index contributed by atoms with van der Waals surface area (Å²) >= 11 is 0. The maximum absolute atomic E-state index is 13.6. The molecule has 8 N–H and O–H groups in total. The largest absolute Gasteiger partial charge is 0.374 e. The topological polar surface area (TPSA) is 224 Å². The standard InChI is InChI=1S/C33H40N8O6/c1-21(2)28(39-31(44)27(20-22-10-5-3-6-11-22)38-29(42)23-12-7-4-8-13-23)32(45)40-30(43)26(14-9-19-36-33(34)35)37-24-15-17-25(18-16-24)41(46)47/h3-8,10-13,15-18,21,26-28,37H,9,14,19-20H2,1-2H3,(H,38,42)(H,39,44)(H4,34,35,36)(H,40,43,45)/t26-,27-,28-/m0/s1. The lowest BCUT2D eigenvalue weighted by Crippen LogP contribution is -2.57. The number of nitrogens with one attached hydrogen (secondary N) is 4. The Bertz CT molecular complexity index is 1540. The molecule has 0 aliphatic heterocycles. The van der Waals surface area contributed by atoms with Crippen LogP contribution in [0.1, 0.15) is 42.6 Å². The minimum absolute atomic E-state index is 0.106. The molecule has 14 nitrogen and oxygen atoms in total. The molecular formula is C33H40N8O6. The number of imide groups is 1. The number of non-ortho nitro benzene ring substituents is 1. The Morgan fingerprint density at radius 3 is 2.00 bits per heavy atom. The van der Waals surface area contributed by atoms with Crippen LogP contribution in [0, 0.1) is 16.0 Å². The summed E-state index contributed by atoms with van der Waals surface area (Å²) in [5.41, 5.74) is 12.2. The van der Waals surface area contributed by atoms with Crippen molar-refractivity contribution in [2.24, 2.45) is 22.4 Å². The van der Waals surface area contributed by atoms with Gasteiger partial charge in [-0.1, -0.05) is 62.4 Å². The number of hydrogen-bond donors (Lipinski definition) is 6.